The number of carbonyl (C=O) groups is 1. The average molecular weight is 423 g/mol. The zero-order valence-corrected chi connectivity index (χ0v) is 17.5. The third-order valence-corrected chi connectivity index (χ3v) is 7.60. The fraction of sp³-hybridized carbons (Fsp3) is 0.316. The maximum atomic E-state index is 13.2. The second-order valence-corrected chi connectivity index (χ2v) is 9.24. The van der Waals surface area contributed by atoms with Gasteiger partial charge in [-0.3, -0.25) is 4.79 Å². The first-order valence-corrected chi connectivity index (χ1v) is 11.1. The van der Waals surface area contributed by atoms with Crippen LogP contribution in [0.1, 0.15) is 17.9 Å². The number of anilines is 1. The Bertz CT molecular complexity index is 961. The summed E-state index contributed by atoms with van der Waals surface area (Å²) in [5, 5.41) is 2.29. The molecule has 0 aromatic heterocycles. The third-order valence-electron chi connectivity index (χ3n) is 4.32. The number of amides is 1. The first-order chi connectivity index (χ1) is 13.4. The zero-order valence-electron chi connectivity index (χ0n) is 15.8. The molecule has 0 saturated carbocycles. The Morgan fingerprint density at radius 1 is 1.11 bits per heavy atom. The number of methoxy groups -OCH3 is 2. The highest BCUT2D eigenvalue weighted by molar-refractivity contribution is 8.01. The molecular weight excluding hydrogens is 400 g/mol. The van der Waals surface area contributed by atoms with Gasteiger partial charge in [-0.05, 0) is 42.0 Å². The lowest BCUT2D eigenvalue weighted by Gasteiger charge is -2.24. The molecule has 1 heterocycles. The van der Waals surface area contributed by atoms with Crippen LogP contribution in [0.25, 0.3) is 0 Å². The Morgan fingerprint density at radius 2 is 1.79 bits per heavy atom. The highest BCUT2D eigenvalue weighted by atomic mass is 32.2. The molecule has 2 aromatic carbocycles. The normalized spacial score (nSPS) is 17.3. The summed E-state index contributed by atoms with van der Waals surface area (Å²) in [7, 11) is -0.580. The molecule has 1 aliphatic rings. The molecule has 0 aliphatic carbocycles. The lowest BCUT2D eigenvalue weighted by Crippen LogP contribution is -2.30. The molecule has 0 bridgehead atoms. The van der Waals surface area contributed by atoms with Crippen molar-refractivity contribution in [3.63, 3.8) is 0 Å². The van der Waals surface area contributed by atoms with Crippen LogP contribution in [0, 0.1) is 0 Å². The quantitative estimate of drug-likeness (QED) is 0.770. The molecule has 28 heavy (non-hydrogen) atoms. The number of carbonyl (C=O) groups excluding carboxylic acids is 1. The molecule has 1 aliphatic heterocycles. The van der Waals surface area contributed by atoms with Gasteiger partial charge in [-0.2, -0.15) is 4.31 Å². The Hall–Kier alpha value is -2.23. The predicted molar refractivity (Wildman–Crippen MR) is 109 cm³/mol. The van der Waals surface area contributed by atoms with E-state index in [0.29, 0.717) is 29.5 Å². The van der Waals surface area contributed by atoms with Crippen LogP contribution in [0.2, 0.25) is 0 Å². The fourth-order valence-corrected chi connectivity index (χ4v) is 6.25. The molecule has 1 saturated heterocycles. The predicted octanol–water partition coefficient (Wildman–Crippen LogP) is 3.10. The summed E-state index contributed by atoms with van der Waals surface area (Å²) in [5.41, 5.74) is 1.39. The Kier molecular flexibility index (Phi) is 6.17. The smallest absolute Gasteiger partial charge is 0.244 e. The summed E-state index contributed by atoms with van der Waals surface area (Å²) in [6.45, 7) is 1.82. The standard InChI is InChI=1S/C19H22N2O5S2/c1-13(22)20-15-5-7-16(8-6-15)28(23,24)21-10-11-27-19(21)14-4-9-17(25-2)18(12-14)26-3/h4-9,12,19H,10-11H2,1-3H3,(H,20,22)/t19-/m1/s1. The van der Waals surface area contributed by atoms with Crippen molar-refractivity contribution in [2.45, 2.75) is 17.2 Å². The largest absolute Gasteiger partial charge is 0.493 e. The Balaban J connectivity index is 1.90. The van der Waals surface area contributed by atoms with Crippen molar-refractivity contribution in [2.75, 3.05) is 31.8 Å². The van der Waals surface area contributed by atoms with Crippen LogP contribution in [0.15, 0.2) is 47.4 Å². The fourth-order valence-electron chi connectivity index (χ4n) is 3.02. The minimum atomic E-state index is -3.69. The summed E-state index contributed by atoms with van der Waals surface area (Å²) in [6.07, 6.45) is 0. The van der Waals surface area contributed by atoms with Crippen molar-refractivity contribution in [3.05, 3.63) is 48.0 Å². The van der Waals surface area contributed by atoms with Crippen LogP contribution in [-0.4, -0.2) is 45.1 Å². The van der Waals surface area contributed by atoms with Crippen LogP contribution >= 0.6 is 11.8 Å². The van der Waals surface area contributed by atoms with Gasteiger partial charge in [0.25, 0.3) is 0 Å². The molecule has 7 nitrogen and oxygen atoms in total. The molecule has 1 amide bonds. The highest BCUT2D eigenvalue weighted by Gasteiger charge is 2.37. The highest BCUT2D eigenvalue weighted by Crippen LogP contribution is 2.43. The molecule has 0 spiro atoms. The van der Waals surface area contributed by atoms with Crippen molar-refractivity contribution < 1.29 is 22.7 Å². The van der Waals surface area contributed by atoms with Gasteiger partial charge < -0.3 is 14.8 Å². The summed E-state index contributed by atoms with van der Waals surface area (Å²) < 4.78 is 38.5. The van der Waals surface area contributed by atoms with E-state index in [9.17, 15) is 13.2 Å². The Morgan fingerprint density at radius 3 is 2.39 bits per heavy atom. The molecule has 1 atom stereocenters. The summed E-state index contributed by atoms with van der Waals surface area (Å²) >= 11 is 1.56. The van der Waals surface area contributed by atoms with Gasteiger partial charge in [0.2, 0.25) is 15.9 Å². The number of nitrogens with zero attached hydrogens (tertiary/aromatic N) is 1. The molecule has 150 valence electrons. The van der Waals surface area contributed by atoms with Gasteiger partial charge in [0, 0.05) is 24.9 Å². The number of sulfonamides is 1. The van der Waals surface area contributed by atoms with Gasteiger partial charge in [-0.25, -0.2) is 8.42 Å². The Labute approximate surface area is 169 Å². The van der Waals surface area contributed by atoms with Crippen LogP contribution in [0.4, 0.5) is 5.69 Å². The summed E-state index contributed by atoms with van der Waals surface area (Å²) in [5.74, 6) is 1.64. The average Bonchev–Trinajstić information content (AvgIpc) is 3.18. The molecule has 3 rings (SSSR count). The van der Waals surface area contributed by atoms with Gasteiger partial charge in [0.15, 0.2) is 11.5 Å². The molecule has 1 N–H and O–H groups in total. The van der Waals surface area contributed by atoms with Crippen LogP contribution in [0.5, 0.6) is 11.5 Å². The van der Waals surface area contributed by atoms with E-state index in [4.69, 9.17) is 9.47 Å². The molecule has 2 aromatic rings. The first-order valence-electron chi connectivity index (χ1n) is 8.60. The van der Waals surface area contributed by atoms with Gasteiger partial charge in [-0.1, -0.05) is 6.07 Å². The molecule has 9 heteroatoms. The van der Waals surface area contributed by atoms with Crippen molar-refractivity contribution in [1.29, 1.82) is 0 Å². The second kappa shape index (κ2) is 8.42. The van der Waals surface area contributed by atoms with E-state index in [1.54, 1.807) is 44.2 Å². The number of rotatable bonds is 6. The minimum absolute atomic E-state index is 0.189. The topological polar surface area (TPSA) is 84.9 Å². The summed E-state index contributed by atoms with van der Waals surface area (Å²) in [6, 6.07) is 11.6. The van der Waals surface area contributed by atoms with Gasteiger partial charge >= 0.3 is 0 Å². The number of nitrogens with one attached hydrogen (secondary N) is 1. The maximum Gasteiger partial charge on any atom is 0.244 e. The van der Waals surface area contributed by atoms with Crippen molar-refractivity contribution >= 4 is 33.4 Å². The SMILES string of the molecule is COc1ccc([C@H]2SCCN2S(=O)(=O)c2ccc(NC(C)=O)cc2)cc1OC. The van der Waals surface area contributed by atoms with E-state index in [-0.39, 0.29) is 16.2 Å². The van der Waals surface area contributed by atoms with E-state index < -0.39 is 10.0 Å². The number of ether oxygens (including phenoxy) is 2. The van der Waals surface area contributed by atoms with E-state index in [1.165, 1.54) is 23.4 Å². The van der Waals surface area contributed by atoms with Crippen LogP contribution in [-0.2, 0) is 14.8 Å². The number of hydrogen-bond donors (Lipinski definition) is 1. The van der Waals surface area contributed by atoms with E-state index in [0.717, 1.165) is 5.56 Å². The minimum Gasteiger partial charge on any atom is -0.493 e. The van der Waals surface area contributed by atoms with Gasteiger partial charge in [0.1, 0.15) is 0 Å². The first kappa shape index (κ1) is 20.5. The van der Waals surface area contributed by atoms with Gasteiger partial charge in [0.05, 0.1) is 24.5 Å². The molecular formula is C19H22N2O5S2. The van der Waals surface area contributed by atoms with Crippen molar-refractivity contribution in [3.8, 4) is 11.5 Å². The van der Waals surface area contributed by atoms with Crippen LogP contribution in [0.3, 0.4) is 0 Å². The molecule has 0 unspecified atom stereocenters. The second-order valence-electron chi connectivity index (χ2n) is 6.16. The zero-order chi connectivity index (χ0) is 20.3. The van der Waals surface area contributed by atoms with Crippen molar-refractivity contribution in [1.82, 2.24) is 4.31 Å². The molecule has 0 radical (unpaired) electrons. The number of benzene rings is 2. The van der Waals surface area contributed by atoms with E-state index in [1.807, 2.05) is 12.1 Å². The third kappa shape index (κ3) is 4.11. The van der Waals surface area contributed by atoms with Crippen LogP contribution < -0.4 is 14.8 Å². The lowest BCUT2D eigenvalue weighted by atomic mass is 10.2. The lowest BCUT2D eigenvalue weighted by molar-refractivity contribution is -0.114. The monoisotopic (exact) mass is 422 g/mol. The van der Waals surface area contributed by atoms with Gasteiger partial charge in [-0.15, -0.1) is 11.8 Å². The maximum absolute atomic E-state index is 13.2. The van der Waals surface area contributed by atoms with E-state index in [2.05, 4.69) is 5.32 Å². The van der Waals surface area contributed by atoms with E-state index >= 15 is 0 Å². The number of thioether (sulfide) groups is 1. The van der Waals surface area contributed by atoms with Crippen molar-refractivity contribution in [2.24, 2.45) is 0 Å². The summed E-state index contributed by atoms with van der Waals surface area (Å²) in [4.78, 5) is 11.3. The number of hydrogen-bond acceptors (Lipinski definition) is 6. The molecule has 1 fully saturated rings.